The van der Waals surface area contributed by atoms with Crippen molar-refractivity contribution in [2.45, 2.75) is 56.0 Å². The summed E-state index contributed by atoms with van der Waals surface area (Å²) in [6.45, 7) is 6.33. The minimum absolute atomic E-state index is 0.0199. The SMILES string of the molecule is CC(C)(C)n1c(SCC(=O)O)nnc1C1CCCCS1. The Balaban J connectivity index is 2.29. The molecule has 1 unspecified atom stereocenters. The van der Waals surface area contributed by atoms with Gasteiger partial charge in [-0.3, -0.25) is 9.36 Å². The molecule has 0 spiro atoms. The maximum atomic E-state index is 10.8. The van der Waals surface area contributed by atoms with E-state index in [-0.39, 0.29) is 11.3 Å². The van der Waals surface area contributed by atoms with Crippen LogP contribution in [0.4, 0.5) is 0 Å². The van der Waals surface area contributed by atoms with Crippen molar-refractivity contribution < 1.29 is 9.90 Å². The molecule has 1 saturated heterocycles. The van der Waals surface area contributed by atoms with Crippen molar-refractivity contribution in [3.8, 4) is 0 Å². The van der Waals surface area contributed by atoms with E-state index in [0.29, 0.717) is 10.4 Å². The van der Waals surface area contributed by atoms with Crippen molar-refractivity contribution >= 4 is 29.5 Å². The van der Waals surface area contributed by atoms with Gasteiger partial charge in [0.25, 0.3) is 0 Å². The van der Waals surface area contributed by atoms with Gasteiger partial charge in [0.05, 0.1) is 11.0 Å². The monoisotopic (exact) mass is 315 g/mol. The van der Waals surface area contributed by atoms with E-state index < -0.39 is 5.97 Å². The molecule has 1 aromatic rings. The molecule has 112 valence electrons. The van der Waals surface area contributed by atoms with Gasteiger partial charge in [-0.1, -0.05) is 18.2 Å². The molecule has 0 aliphatic carbocycles. The molecule has 20 heavy (non-hydrogen) atoms. The lowest BCUT2D eigenvalue weighted by molar-refractivity contribution is -0.133. The van der Waals surface area contributed by atoms with Crippen molar-refractivity contribution in [3.63, 3.8) is 0 Å². The molecule has 2 heterocycles. The van der Waals surface area contributed by atoms with Crippen LogP contribution in [0, 0.1) is 0 Å². The summed E-state index contributed by atoms with van der Waals surface area (Å²) in [7, 11) is 0. The fourth-order valence-electron chi connectivity index (χ4n) is 2.28. The van der Waals surface area contributed by atoms with Crippen molar-refractivity contribution in [3.05, 3.63) is 5.82 Å². The smallest absolute Gasteiger partial charge is 0.313 e. The van der Waals surface area contributed by atoms with Gasteiger partial charge in [-0.2, -0.15) is 11.8 Å². The number of carboxylic acids is 1. The van der Waals surface area contributed by atoms with Crippen LogP contribution in [0.2, 0.25) is 0 Å². The second-order valence-corrected chi connectivity index (χ2v) is 8.14. The average Bonchev–Trinajstić information content (AvgIpc) is 2.81. The second kappa shape index (κ2) is 6.39. The number of hydrogen-bond donors (Lipinski definition) is 1. The van der Waals surface area contributed by atoms with E-state index in [9.17, 15) is 4.79 Å². The summed E-state index contributed by atoms with van der Waals surface area (Å²) in [4.78, 5) is 10.8. The Kier molecular flexibility index (Phi) is 5.01. The summed E-state index contributed by atoms with van der Waals surface area (Å²) in [5.74, 6) is 1.35. The third-order valence-electron chi connectivity index (χ3n) is 3.12. The Bertz CT molecular complexity index is 476. The van der Waals surface area contributed by atoms with Crippen molar-refractivity contribution in [2.75, 3.05) is 11.5 Å². The normalized spacial score (nSPS) is 20.1. The van der Waals surface area contributed by atoms with E-state index >= 15 is 0 Å². The first kappa shape index (κ1) is 15.7. The van der Waals surface area contributed by atoms with E-state index in [1.165, 1.54) is 30.4 Å². The van der Waals surface area contributed by atoms with Crippen LogP contribution in [0.25, 0.3) is 0 Å². The van der Waals surface area contributed by atoms with Crippen LogP contribution in [0.15, 0.2) is 5.16 Å². The summed E-state index contributed by atoms with van der Waals surface area (Å²) in [5.41, 5.74) is -0.141. The molecule has 1 aromatic heterocycles. The fourth-order valence-corrected chi connectivity index (χ4v) is 4.42. The van der Waals surface area contributed by atoms with Crippen LogP contribution in [0.1, 0.15) is 51.1 Å². The van der Waals surface area contributed by atoms with Crippen LogP contribution in [0.5, 0.6) is 0 Å². The van der Waals surface area contributed by atoms with Gasteiger partial charge >= 0.3 is 5.97 Å². The minimum Gasteiger partial charge on any atom is -0.481 e. The van der Waals surface area contributed by atoms with Gasteiger partial charge in [-0.15, -0.1) is 10.2 Å². The molecule has 1 N–H and O–H groups in total. The molecule has 7 heteroatoms. The standard InChI is InChI=1S/C13H21N3O2S2/c1-13(2,3)16-11(9-6-4-5-7-19-9)14-15-12(16)20-8-10(17)18/h9H,4-8H2,1-3H3,(H,17,18). The predicted molar refractivity (Wildman–Crippen MR) is 82.4 cm³/mol. The lowest BCUT2D eigenvalue weighted by atomic mass is 10.1. The van der Waals surface area contributed by atoms with E-state index in [2.05, 4.69) is 35.5 Å². The molecule has 0 radical (unpaired) electrons. The van der Waals surface area contributed by atoms with Gasteiger partial charge in [-0.25, -0.2) is 0 Å². The molecule has 0 bridgehead atoms. The number of thioether (sulfide) groups is 2. The lowest BCUT2D eigenvalue weighted by Gasteiger charge is -2.28. The van der Waals surface area contributed by atoms with Gasteiger partial charge in [0, 0.05) is 5.54 Å². The summed E-state index contributed by atoms with van der Waals surface area (Å²) in [5, 5.41) is 18.5. The predicted octanol–water partition coefficient (Wildman–Crippen LogP) is 3.17. The molecule has 0 saturated carbocycles. The zero-order valence-electron chi connectivity index (χ0n) is 12.1. The Morgan fingerprint density at radius 2 is 2.20 bits per heavy atom. The zero-order chi connectivity index (χ0) is 14.8. The second-order valence-electron chi connectivity index (χ2n) is 5.88. The van der Waals surface area contributed by atoms with Gasteiger partial charge in [-0.05, 0) is 39.4 Å². The fraction of sp³-hybridized carbons (Fsp3) is 0.769. The molecule has 0 amide bonds. The maximum absolute atomic E-state index is 10.8. The highest BCUT2D eigenvalue weighted by molar-refractivity contribution is 8.00. The third kappa shape index (κ3) is 3.69. The molecule has 1 fully saturated rings. The molecular weight excluding hydrogens is 294 g/mol. The largest absolute Gasteiger partial charge is 0.481 e. The first-order valence-electron chi connectivity index (χ1n) is 6.81. The van der Waals surface area contributed by atoms with Crippen LogP contribution >= 0.6 is 23.5 Å². The lowest BCUT2D eigenvalue weighted by Crippen LogP contribution is -2.26. The topological polar surface area (TPSA) is 68.0 Å². The Morgan fingerprint density at radius 1 is 1.45 bits per heavy atom. The van der Waals surface area contributed by atoms with Gasteiger partial charge in [0.15, 0.2) is 5.16 Å². The van der Waals surface area contributed by atoms with E-state index in [0.717, 1.165) is 12.2 Å². The average molecular weight is 315 g/mol. The molecule has 1 aliphatic heterocycles. The van der Waals surface area contributed by atoms with Crippen molar-refractivity contribution in [2.24, 2.45) is 0 Å². The van der Waals surface area contributed by atoms with Crippen LogP contribution in [-0.2, 0) is 10.3 Å². The third-order valence-corrected chi connectivity index (χ3v) is 5.41. The quantitative estimate of drug-likeness (QED) is 0.861. The summed E-state index contributed by atoms with van der Waals surface area (Å²) < 4.78 is 2.11. The number of rotatable bonds is 4. The highest BCUT2D eigenvalue weighted by Gasteiger charge is 2.29. The minimum atomic E-state index is -0.827. The highest BCUT2D eigenvalue weighted by atomic mass is 32.2. The number of carbonyl (C=O) groups is 1. The Hall–Kier alpha value is -0.690. The summed E-state index contributed by atoms with van der Waals surface area (Å²) in [6.07, 6.45) is 3.63. The number of aliphatic carboxylic acids is 1. The van der Waals surface area contributed by atoms with Crippen LogP contribution in [-0.4, -0.2) is 37.3 Å². The van der Waals surface area contributed by atoms with E-state index in [1.54, 1.807) is 0 Å². The Morgan fingerprint density at radius 3 is 2.75 bits per heavy atom. The molecular formula is C13H21N3O2S2. The molecule has 1 atom stereocenters. The van der Waals surface area contributed by atoms with E-state index in [1.807, 2.05) is 11.8 Å². The van der Waals surface area contributed by atoms with Crippen molar-refractivity contribution in [1.82, 2.24) is 14.8 Å². The van der Waals surface area contributed by atoms with Crippen molar-refractivity contribution in [1.29, 1.82) is 0 Å². The first-order chi connectivity index (χ1) is 9.39. The number of aromatic nitrogens is 3. The van der Waals surface area contributed by atoms with Crippen LogP contribution < -0.4 is 0 Å². The first-order valence-corrected chi connectivity index (χ1v) is 8.85. The van der Waals surface area contributed by atoms with E-state index in [4.69, 9.17) is 5.11 Å². The zero-order valence-corrected chi connectivity index (χ0v) is 13.8. The number of hydrogen-bond acceptors (Lipinski definition) is 5. The highest BCUT2D eigenvalue weighted by Crippen LogP contribution is 2.40. The number of carboxylic acid groups (broad SMARTS) is 1. The number of nitrogens with zero attached hydrogens (tertiary/aromatic N) is 3. The van der Waals surface area contributed by atoms with Crippen LogP contribution in [0.3, 0.4) is 0 Å². The summed E-state index contributed by atoms with van der Waals surface area (Å²) >= 11 is 3.18. The molecule has 1 aliphatic rings. The molecule has 0 aromatic carbocycles. The summed E-state index contributed by atoms with van der Waals surface area (Å²) in [6, 6.07) is 0. The van der Waals surface area contributed by atoms with Gasteiger partial charge in [0.1, 0.15) is 5.82 Å². The maximum Gasteiger partial charge on any atom is 0.313 e. The molecule has 2 rings (SSSR count). The van der Waals surface area contributed by atoms with Gasteiger partial charge in [0.2, 0.25) is 0 Å². The Labute approximate surface area is 127 Å². The molecule has 5 nitrogen and oxygen atoms in total. The van der Waals surface area contributed by atoms with Gasteiger partial charge < -0.3 is 5.11 Å².